The Morgan fingerprint density at radius 2 is 2.29 bits per heavy atom. The molecule has 0 amide bonds. The summed E-state index contributed by atoms with van der Waals surface area (Å²) in [7, 11) is 1.43. The maximum Gasteiger partial charge on any atom is 0.311 e. The first-order valence-electron chi connectivity index (χ1n) is 6.32. The number of alkyl halides is 1. The van der Waals surface area contributed by atoms with Crippen LogP contribution in [0.2, 0.25) is 0 Å². The van der Waals surface area contributed by atoms with Gasteiger partial charge in [0.05, 0.1) is 24.7 Å². The van der Waals surface area contributed by atoms with Gasteiger partial charge in [0, 0.05) is 5.88 Å². The Kier molecular flexibility index (Phi) is 5.74. The summed E-state index contributed by atoms with van der Waals surface area (Å²) in [5.41, 5.74) is -0.129. The number of ether oxygens (including phenoxy) is 2. The van der Waals surface area contributed by atoms with E-state index in [0.717, 1.165) is 32.1 Å². The van der Waals surface area contributed by atoms with Crippen molar-refractivity contribution < 1.29 is 14.3 Å². The molecule has 0 spiro atoms. The van der Waals surface area contributed by atoms with Crippen molar-refractivity contribution in [2.24, 2.45) is 5.92 Å². The van der Waals surface area contributed by atoms with Gasteiger partial charge < -0.3 is 9.47 Å². The minimum Gasteiger partial charge on any atom is -0.469 e. The molecule has 2 unspecified atom stereocenters. The largest absolute Gasteiger partial charge is 0.469 e. The first-order valence-corrected chi connectivity index (χ1v) is 6.85. The summed E-state index contributed by atoms with van der Waals surface area (Å²) in [6.07, 6.45) is 4.64. The van der Waals surface area contributed by atoms with Crippen molar-refractivity contribution in [3.63, 3.8) is 0 Å². The van der Waals surface area contributed by atoms with Crippen molar-refractivity contribution in [2.45, 2.75) is 57.7 Å². The monoisotopic (exact) mass is 262 g/mol. The van der Waals surface area contributed by atoms with E-state index in [1.54, 1.807) is 0 Å². The van der Waals surface area contributed by atoms with Crippen molar-refractivity contribution >= 4 is 17.6 Å². The van der Waals surface area contributed by atoms with Gasteiger partial charge in [-0.25, -0.2) is 0 Å². The van der Waals surface area contributed by atoms with E-state index in [1.807, 2.05) is 0 Å². The van der Waals surface area contributed by atoms with Gasteiger partial charge in [-0.15, -0.1) is 11.6 Å². The molecule has 17 heavy (non-hydrogen) atoms. The molecule has 0 aromatic heterocycles. The van der Waals surface area contributed by atoms with Crippen LogP contribution in [0.25, 0.3) is 0 Å². The molecule has 1 aliphatic rings. The lowest BCUT2D eigenvalue weighted by Gasteiger charge is -2.38. The van der Waals surface area contributed by atoms with Crippen LogP contribution in [0.5, 0.6) is 0 Å². The van der Waals surface area contributed by atoms with Crippen molar-refractivity contribution in [1.82, 2.24) is 0 Å². The van der Waals surface area contributed by atoms with Gasteiger partial charge in [-0.05, 0) is 46.0 Å². The van der Waals surface area contributed by atoms with Gasteiger partial charge in [0.25, 0.3) is 0 Å². The summed E-state index contributed by atoms with van der Waals surface area (Å²) in [6.45, 7) is 4.16. The summed E-state index contributed by atoms with van der Waals surface area (Å²) in [4.78, 5) is 11.8. The predicted molar refractivity (Wildman–Crippen MR) is 68.3 cm³/mol. The molecule has 0 bridgehead atoms. The number of carbonyl (C=O) groups excluding carboxylic acids is 1. The minimum absolute atomic E-state index is 0.0191. The highest BCUT2D eigenvalue weighted by atomic mass is 35.5. The van der Waals surface area contributed by atoms with E-state index in [9.17, 15) is 4.79 Å². The average Bonchev–Trinajstić information content (AvgIpc) is 2.28. The molecule has 0 aromatic rings. The van der Waals surface area contributed by atoms with Crippen LogP contribution in [0, 0.1) is 5.92 Å². The Bertz CT molecular complexity index is 253. The van der Waals surface area contributed by atoms with Crippen LogP contribution in [-0.2, 0) is 14.3 Å². The molecule has 1 heterocycles. The van der Waals surface area contributed by atoms with Crippen LogP contribution in [0.1, 0.15) is 46.0 Å². The van der Waals surface area contributed by atoms with Crippen LogP contribution in [0.15, 0.2) is 0 Å². The van der Waals surface area contributed by atoms with Gasteiger partial charge in [0.2, 0.25) is 0 Å². The summed E-state index contributed by atoms with van der Waals surface area (Å²) < 4.78 is 10.9. The van der Waals surface area contributed by atoms with Crippen molar-refractivity contribution in [3.8, 4) is 0 Å². The van der Waals surface area contributed by atoms with E-state index in [4.69, 9.17) is 21.1 Å². The van der Waals surface area contributed by atoms with Crippen LogP contribution in [-0.4, -0.2) is 30.7 Å². The number of carbonyl (C=O) groups is 1. The fourth-order valence-corrected chi connectivity index (χ4v) is 2.60. The Hall–Kier alpha value is -0.280. The van der Waals surface area contributed by atoms with Gasteiger partial charge in [-0.1, -0.05) is 0 Å². The molecular formula is C13H23ClO3. The van der Waals surface area contributed by atoms with Crippen molar-refractivity contribution in [1.29, 1.82) is 0 Å². The van der Waals surface area contributed by atoms with E-state index in [-0.39, 0.29) is 23.6 Å². The highest BCUT2D eigenvalue weighted by Gasteiger charge is 2.36. The summed E-state index contributed by atoms with van der Waals surface area (Å²) in [5, 5.41) is 0. The molecule has 2 atom stereocenters. The fraction of sp³-hybridized carbons (Fsp3) is 0.923. The van der Waals surface area contributed by atoms with E-state index in [0.29, 0.717) is 5.88 Å². The van der Waals surface area contributed by atoms with Crippen LogP contribution >= 0.6 is 11.6 Å². The third kappa shape index (κ3) is 4.47. The van der Waals surface area contributed by atoms with Crippen LogP contribution in [0.3, 0.4) is 0 Å². The molecular weight excluding hydrogens is 240 g/mol. The number of esters is 1. The molecule has 0 aliphatic carbocycles. The third-order valence-corrected chi connectivity index (χ3v) is 3.61. The number of halogens is 1. The first-order chi connectivity index (χ1) is 8.00. The highest BCUT2D eigenvalue weighted by Crippen LogP contribution is 2.33. The van der Waals surface area contributed by atoms with Gasteiger partial charge in [-0.3, -0.25) is 4.79 Å². The molecule has 0 saturated carbocycles. The van der Waals surface area contributed by atoms with Gasteiger partial charge in [0.1, 0.15) is 0 Å². The Labute approximate surface area is 109 Å². The van der Waals surface area contributed by atoms with Crippen molar-refractivity contribution in [3.05, 3.63) is 0 Å². The Morgan fingerprint density at radius 1 is 1.59 bits per heavy atom. The third-order valence-electron chi connectivity index (χ3n) is 3.34. The van der Waals surface area contributed by atoms with Gasteiger partial charge in [-0.2, -0.15) is 0 Å². The van der Waals surface area contributed by atoms with E-state index >= 15 is 0 Å². The molecule has 1 fully saturated rings. The molecule has 4 heteroatoms. The minimum atomic E-state index is -0.169. The average molecular weight is 263 g/mol. The molecule has 1 saturated heterocycles. The summed E-state index contributed by atoms with van der Waals surface area (Å²) in [6, 6.07) is 0. The van der Waals surface area contributed by atoms with E-state index in [2.05, 4.69) is 13.8 Å². The standard InChI is InChI=1S/C13H23ClO3/c1-13(2)8-4-7-11(17-13)10(6-5-9-14)12(15)16-3/h10-11H,4-9H2,1-3H3. The molecule has 3 nitrogen and oxygen atoms in total. The molecule has 100 valence electrons. The normalized spacial score (nSPS) is 25.3. The predicted octanol–water partition coefficient (Wildman–Crippen LogP) is 3.14. The second-order valence-corrected chi connectivity index (χ2v) is 5.65. The lowest BCUT2D eigenvalue weighted by molar-refractivity contribution is -0.166. The van der Waals surface area contributed by atoms with Gasteiger partial charge in [0.15, 0.2) is 0 Å². The lowest BCUT2D eigenvalue weighted by Crippen LogP contribution is -2.42. The maximum atomic E-state index is 11.8. The molecule has 1 rings (SSSR count). The zero-order chi connectivity index (χ0) is 12.9. The number of methoxy groups -OCH3 is 1. The lowest BCUT2D eigenvalue weighted by atomic mass is 9.87. The number of hydrogen-bond donors (Lipinski definition) is 0. The fourth-order valence-electron chi connectivity index (χ4n) is 2.44. The quantitative estimate of drug-likeness (QED) is 0.564. The van der Waals surface area contributed by atoms with Crippen LogP contribution in [0.4, 0.5) is 0 Å². The zero-order valence-corrected chi connectivity index (χ0v) is 11.8. The Morgan fingerprint density at radius 3 is 2.82 bits per heavy atom. The smallest absolute Gasteiger partial charge is 0.311 e. The van der Waals surface area contributed by atoms with E-state index < -0.39 is 0 Å². The second kappa shape index (κ2) is 6.60. The van der Waals surface area contributed by atoms with E-state index in [1.165, 1.54) is 7.11 Å². The van der Waals surface area contributed by atoms with Crippen LogP contribution < -0.4 is 0 Å². The molecule has 0 N–H and O–H groups in total. The SMILES string of the molecule is COC(=O)C(CCCCl)C1CCCC(C)(C)O1. The topological polar surface area (TPSA) is 35.5 Å². The number of hydrogen-bond acceptors (Lipinski definition) is 3. The number of rotatable bonds is 5. The Balaban J connectivity index is 2.64. The van der Waals surface area contributed by atoms with Gasteiger partial charge >= 0.3 is 5.97 Å². The summed E-state index contributed by atoms with van der Waals surface area (Å²) in [5.74, 6) is 0.236. The van der Waals surface area contributed by atoms with Crippen molar-refractivity contribution in [2.75, 3.05) is 13.0 Å². The summed E-state index contributed by atoms with van der Waals surface area (Å²) >= 11 is 5.70. The molecule has 0 radical (unpaired) electrons. The first kappa shape index (κ1) is 14.8. The maximum absolute atomic E-state index is 11.8. The highest BCUT2D eigenvalue weighted by molar-refractivity contribution is 6.17. The molecule has 0 aromatic carbocycles. The zero-order valence-electron chi connectivity index (χ0n) is 11.0. The second-order valence-electron chi connectivity index (χ2n) is 5.27. The molecule has 1 aliphatic heterocycles.